The number of aryl methyl sites for hydroxylation is 3. The molecule has 0 aliphatic heterocycles. The first-order valence-corrected chi connectivity index (χ1v) is 7.30. The van der Waals surface area contributed by atoms with Crippen molar-refractivity contribution in [2.75, 3.05) is 13.1 Å². The normalized spacial score (nSPS) is 18.7. The molecule has 0 saturated heterocycles. The molecule has 1 aliphatic carbocycles. The van der Waals surface area contributed by atoms with Crippen molar-refractivity contribution in [3.05, 3.63) is 22.8 Å². The summed E-state index contributed by atoms with van der Waals surface area (Å²) in [6.07, 6.45) is 5.68. The lowest BCUT2D eigenvalue weighted by Gasteiger charge is -2.25. The van der Waals surface area contributed by atoms with Crippen molar-refractivity contribution in [1.82, 2.24) is 15.3 Å². The second kappa shape index (κ2) is 6.28. The number of nitrogens with zero attached hydrogens (tertiary/aromatic N) is 2. The number of hydrogen-bond acceptors (Lipinski definition) is 3. The van der Waals surface area contributed by atoms with E-state index in [1.165, 1.54) is 23.4 Å². The standard InChI is InChI=1S/C15H25N3/c1-4-6-15-17-11(3)13-9-12(10-16-5-2)7-8-14(13)18-15/h12,16H,4-10H2,1-3H3. The van der Waals surface area contributed by atoms with Gasteiger partial charge in [0.1, 0.15) is 5.82 Å². The molecule has 0 amide bonds. The molecule has 1 atom stereocenters. The van der Waals surface area contributed by atoms with E-state index in [1.807, 2.05) is 0 Å². The zero-order valence-electron chi connectivity index (χ0n) is 11.9. The van der Waals surface area contributed by atoms with Gasteiger partial charge in [0.15, 0.2) is 0 Å². The van der Waals surface area contributed by atoms with Crippen LogP contribution in [-0.2, 0) is 19.3 Å². The summed E-state index contributed by atoms with van der Waals surface area (Å²) in [6.45, 7) is 8.70. The van der Waals surface area contributed by atoms with Gasteiger partial charge in [0.2, 0.25) is 0 Å². The second-order valence-electron chi connectivity index (χ2n) is 5.32. The maximum Gasteiger partial charge on any atom is 0.128 e. The number of nitrogens with one attached hydrogen (secondary N) is 1. The van der Waals surface area contributed by atoms with Crippen molar-refractivity contribution in [2.45, 2.75) is 52.9 Å². The van der Waals surface area contributed by atoms with E-state index in [-0.39, 0.29) is 0 Å². The third-order valence-electron chi connectivity index (χ3n) is 3.78. The molecule has 3 heteroatoms. The lowest BCUT2D eigenvalue weighted by Crippen LogP contribution is -2.28. The van der Waals surface area contributed by atoms with E-state index in [1.54, 1.807) is 0 Å². The number of hydrogen-bond donors (Lipinski definition) is 1. The lowest BCUT2D eigenvalue weighted by atomic mass is 9.85. The molecule has 100 valence electrons. The van der Waals surface area contributed by atoms with Gasteiger partial charge in [-0.05, 0) is 57.2 Å². The van der Waals surface area contributed by atoms with Crippen LogP contribution in [0.4, 0.5) is 0 Å². The predicted octanol–water partition coefficient (Wildman–Crippen LogP) is 2.45. The van der Waals surface area contributed by atoms with Gasteiger partial charge in [-0.25, -0.2) is 9.97 Å². The molecule has 0 bridgehead atoms. The van der Waals surface area contributed by atoms with Gasteiger partial charge in [-0.2, -0.15) is 0 Å². The van der Waals surface area contributed by atoms with E-state index in [2.05, 4.69) is 31.1 Å². The van der Waals surface area contributed by atoms with Crippen molar-refractivity contribution >= 4 is 0 Å². The summed E-state index contributed by atoms with van der Waals surface area (Å²) in [5.74, 6) is 1.80. The van der Waals surface area contributed by atoms with E-state index in [0.29, 0.717) is 0 Å². The van der Waals surface area contributed by atoms with Crippen molar-refractivity contribution < 1.29 is 0 Å². The quantitative estimate of drug-likeness (QED) is 0.868. The van der Waals surface area contributed by atoms with Gasteiger partial charge in [0.25, 0.3) is 0 Å². The summed E-state index contributed by atoms with van der Waals surface area (Å²) in [4.78, 5) is 9.41. The number of fused-ring (bicyclic) bond motifs is 1. The Morgan fingerprint density at radius 1 is 1.28 bits per heavy atom. The highest BCUT2D eigenvalue weighted by Crippen LogP contribution is 2.26. The molecule has 0 saturated carbocycles. The average Bonchev–Trinajstić information content (AvgIpc) is 2.37. The monoisotopic (exact) mass is 247 g/mol. The third-order valence-corrected chi connectivity index (χ3v) is 3.78. The van der Waals surface area contributed by atoms with Crippen LogP contribution < -0.4 is 5.32 Å². The minimum atomic E-state index is 0.761. The van der Waals surface area contributed by atoms with Gasteiger partial charge in [-0.1, -0.05) is 13.8 Å². The zero-order chi connectivity index (χ0) is 13.0. The van der Waals surface area contributed by atoms with Crippen LogP contribution in [0.3, 0.4) is 0 Å². The fourth-order valence-corrected chi connectivity index (χ4v) is 2.78. The molecule has 1 heterocycles. The minimum Gasteiger partial charge on any atom is -0.317 e. The van der Waals surface area contributed by atoms with Crippen molar-refractivity contribution in [2.24, 2.45) is 5.92 Å². The Balaban J connectivity index is 2.12. The van der Waals surface area contributed by atoms with E-state index in [0.717, 1.165) is 50.5 Å². The summed E-state index contributed by atoms with van der Waals surface area (Å²) in [6, 6.07) is 0. The fraction of sp³-hybridized carbons (Fsp3) is 0.733. The Bertz CT molecular complexity index is 401. The Kier molecular flexibility index (Phi) is 4.70. The van der Waals surface area contributed by atoms with E-state index in [9.17, 15) is 0 Å². The van der Waals surface area contributed by atoms with Crippen molar-refractivity contribution in [3.63, 3.8) is 0 Å². The van der Waals surface area contributed by atoms with Gasteiger partial charge in [-0.3, -0.25) is 0 Å². The summed E-state index contributed by atoms with van der Waals surface area (Å²) in [5.41, 5.74) is 3.95. The molecule has 3 nitrogen and oxygen atoms in total. The maximum absolute atomic E-state index is 4.75. The molecule has 1 unspecified atom stereocenters. The molecular weight excluding hydrogens is 222 g/mol. The molecule has 1 aliphatic rings. The third kappa shape index (κ3) is 3.08. The number of rotatable bonds is 5. The van der Waals surface area contributed by atoms with Crippen LogP contribution in [0.15, 0.2) is 0 Å². The smallest absolute Gasteiger partial charge is 0.128 e. The van der Waals surface area contributed by atoms with Gasteiger partial charge < -0.3 is 5.32 Å². The molecule has 1 N–H and O–H groups in total. The topological polar surface area (TPSA) is 37.8 Å². The Labute approximate surface area is 110 Å². The summed E-state index contributed by atoms with van der Waals surface area (Å²) in [5, 5.41) is 3.46. The Hall–Kier alpha value is -0.960. The number of aromatic nitrogens is 2. The highest BCUT2D eigenvalue weighted by atomic mass is 14.9. The first kappa shape index (κ1) is 13.5. The summed E-state index contributed by atoms with van der Waals surface area (Å²) < 4.78 is 0. The Morgan fingerprint density at radius 3 is 2.83 bits per heavy atom. The second-order valence-corrected chi connectivity index (χ2v) is 5.32. The van der Waals surface area contributed by atoms with Gasteiger partial charge >= 0.3 is 0 Å². The molecule has 18 heavy (non-hydrogen) atoms. The molecule has 0 aromatic carbocycles. The zero-order valence-corrected chi connectivity index (χ0v) is 11.9. The first-order chi connectivity index (χ1) is 8.74. The van der Waals surface area contributed by atoms with Crippen LogP contribution in [-0.4, -0.2) is 23.1 Å². The van der Waals surface area contributed by atoms with Gasteiger partial charge in [0.05, 0.1) is 0 Å². The van der Waals surface area contributed by atoms with Crippen LogP contribution in [0.2, 0.25) is 0 Å². The van der Waals surface area contributed by atoms with Crippen LogP contribution in [0.25, 0.3) is 0 Å². The van der Waals surface area contributed by atoms with E-state index < -0.39 is 0 Å². The fourth-order valence-electron chi connectivity index (χ4n) is 2.78. The van der Waals surface area contributed by atoms with E-state index in [4.69, 9.17) is 4.98 Å². The molecule has 2 rings (SSSR count). The van der Waals surface area contributed by atoms with Gasteiger partial charge in [-0.15, -0.1) is 0 Å². The highest BCUT2D eigenvalue weighted by molar-refractivity contribution is 5.28. The summed E-state index contributed by atoms with van der Waals surface area (Å²) >= 11 is 0. The van der Waals surface area contributed by atoms with Gasteiger partial charge in [0, 0.05) is 17.8 Å². The molecule has 0 fully saturated rings. The molecule has 1 aromatic rings. The SMILES string of the molecule is CCCc1nc(C)c2c(n1)CCC(CNCC)C2. The van der Waals surface area contributed by atoms with Crippen LogP contribution in [0.5, 0.6) is 0 Å². The van der Waals surface area contributed by atoms with Crippen LogP contribution >= 0.6 is 0 Å². The molecule has 0 spiro atoms. The summed E-state index contributed by atoms with van der Waals surface area (Å²) in [7, 11) is 0. The molecule has 1 aromatic heterocycles. The lowest BCUT2D eigenvalue weighted by molar-refractivity contribution is 0.422. The Morgan fingerprint density at radius 2 is 2.11 bits per heavy atom. The predicted molar refractivity (Wildman–Crippen MR) is 74.8 cm³/mol. The molecule has 0 radical (unpaired) electrons. The molecular formula is C15H25N3. The van der Waals surface area contributed by atoms with Crippen molar-refractivity contribution in [1.29, 1.82) is 0 Å². The highest BCUT2D eigenvalue weighted by Gasteiger charge is 2.22. The largest absolute Gasteiger partial charge is 0.317 e. The van der Waals surface area contributed by atoms with E-state index >= 15 is 0 Å². The first-order valence-electron chi connectivity index (χ1n) is 7.30. The average molecular weight is 247 g/mol. The maximum atomic E-state index is 4.75. The van der Waals surface area contributed by atoms with Crippen LogP contribution in [0, 0.1) is 12.8 Å². The van der Waals surface area contributed by atoms with Crippen molar-refractivity contribution in [3.8, 4) is 0 Å². The minimum absolute atomic E-state index is 0.761. The van der Waals surface area contributed by atoms with Crippen LogP contribution in [0.1, 0.15) is 49.5 Å².